The number of nitrogens with zero attached hydrogens (tertiary/aromatic N) is 2. The lowest BCUT2D eigenvalue weighted by molar-refractivity contribution is 0.0613. The van der Waals surface area contributed by atoms with E-state index in [0.29, 0.717) is 18.0 Å². The Hall–Kier alpha value is -1.85. The largest absolute Gasteiger partial charge is 0.350 e. The molecule has 1 aromatic carbocycles. The molecular formula is C16H20ClN3O2. The zero-order chi connectivity index (χ0) is 14.8. The molecule has 2 aromatic rings. The number of carbonyl (C=O) groups excluding carboxylic acids is 1. The van der Waals surface area contributed by atoms with E-state index in [0.717, 1.165) is 18.7 Å². The van der Waals surface area contributed by atoms with Gasteiger partial charge in [-0.1, -0.05) is 35.0 Å². The number of rotatable bonds is 2. The number of hydrogen-bond acceptors (Lipinski definition) is 4. The summed E-state index contributed by atoms with van der Waals surface area (Å²) in [6.07, 6.45) is 0. The molecule has 6 heteroatoms. The molecule has 0 unspecified atom stereocenters. The maximum absolute atomic E-state index is 12.5. The molecule has 1 N–H and O–H groups in total. The Balaban J connectivity index is 0.00000176. The summed E-state index contributed by atoms with van der Waals surface area (Å²) >= 11 is 0. The van der Waals surface area contributed by atoms with E-state index in [1.165, 1.54) is 5.56 Å². The van der Waals surface area contributed by atoms with Gasteiger partial charge in [0.05, 0.1) is 0 Å². The van der Waals surface area contributed by atoms with Gasteiger partial charge in [0.15, 0.2) is 0 Å². The molecule has 1 aliphatic heterocycles. The molecule has 118 valence electrons. The van der Waals surface area contributed by atoms with E-state index in [9.17, 15) is 4.79 Å². The smallest absolute Gasteiger partial charge is 0.292 e. The van der Waals surface area contributed by atoms with Crippen LogP contribution >= 0.6 is 12.4 Å². The van der Waals surface area contributed by atoms with Gasteiger partial charge < -0.3 is 14.7 Å². The van der Waals surface area contributed by atoms with Crippen molar-refractivity contribution < 1.29 is 9.32 Å². The Morgan fingerprint density at radius 1 is 1.36 bits per heavy atom. The minimum absolute atomic E-state index is 0. The normalized spacial score (nSPS) is 17.9. The average Bonchev–Trinajstić information content (AvgIpc) is 2.98. The van der Waals surface area contributed by atoms with Gasteiger partial charge >= 0.3 is 0 Å². The van der Waals surface area contributed by atoms with E-state index < -0.39 is 0 Å². The molecule has 0 aliphatic carbocycles. The predicted molar refractivity (Wildman–Crippen MR) is 87.3 cm³/mol. The SMILES string of the molecule is Cc1ccc(-c2cc(C(=O)N3CCNC[C@@H]3C)on2)cc1.Cl. The highest BCUT2D eigenvalue weighted by atomic mass is 35.5. The van der Waals surface area contributed by atoms with Gasteiger partial charge in [0.25, 0.3) is 5.91 Å². The highest BCUT2D eigenvalue weighted by Gasteiger charge is 2.27. The molecule has 1 aromatic heterocycles. The Morgan fingerprint density at radius 3 is 2.77 bits per heavy atom. The molecule has 3 rings (SSSR count). The summed E-state index contributed by atoms with van der Waals surface area (Å²) in [7, 11) is 0. The number of amides is 1. The van der Waals surface area contributed by atoms with Crippen LogP contribution in [-0.4, -0.2) is 41.6 Å². The minimum atomic E-state index is -0.0881. The van der Waals surface area contributed by atoms with Crippen molar-refractivity contribution in [2.75, 3.05) is 19.6 Å². The highest BCUT2D eigenvalue weighted by molar-refractivity contribution is 5.92. The maximum atomic E-state index is 12.5. The van der Waals surface area contributed by atoms with Crippen molar-refractivity contribution in [3.63, 3.8) is 0 Å². The number of benzene rings is 1. The quantitative estimate of drug-likeness (QED) is 0.923. The molecule has 1 fully saturated rings. The topological polar surface area (TPSA) is 58.4 Å². The van der Waals surface area contributed by atoms with Crippen LogP contribution in [-0.2, 0) is 0 Å². The number of aryl methyl sites for hydroxylation is 1. The first-order chi connectivity index (χ1) is 10.1. The number of nitrogens with one attached hydrogen (secondary N) is 1. The van der Waals surface area contributed by atoms with Gasteiger partial charge in [-0.3, -0.25) is 4.79 Å². The molecule has 1 aliphatic rings. The number of hydrogen-bond donors (Lipinski definition) is 1. The zero-order valence-corrected chi connectivity index (χ0v) is 13.5. The van der Waals surface area contributed by atoms with Crippen molar-refractivity contribution in [2.45, 2.75) is 19.9 Å². The van der Waals surface area contributed by atoms with Crippen LogP contribution in [0.2, 0.25) is 0 Å². The number of aromatic nitrogens is 1. The third-order valence-electron chi connectivity index (χ3n) is 3.83. The van der Waals surface area contributed by atoms with E-state index >= 15 is 0 Å². The van der Waals surface area contributed by atoms with E-state index in [2.05, 4.69) is 10.5 Å². The maximum Gasteiger partial charge on any atom is 0.292 e. The first kappa shape index (κ1) is 16.5. The fourth-order valence-electron chi connectivity index (χ4n) is 2.52. The standard InChI is InChI=1S/C16H19N3O2.ClH/c1-11-3-5-13(6-4-11)14-9-15(21-18-14)16(20)19-8-7-17-10-12(19)2;/h3-6,9,12,17H,7-8,10H2,1-2H3;1H/t12-;/m0./s1. The molecule has 0 saturated carbocycles. The Kier molecular flexibility index (Phi) is 5.21. The van der Waals surface area contributed by atoms with Crippen LogP contribution in [0.4, 0.5) is 0 Å². The minimum Gasteiger partial charge on any atom is -0.350 e. The molecule has 22 heavy (non-hydrogen) atoms. The molecule has 1 saturated heterocycles. The summed E-state index contributed by atoms with van der Waals surface area (Å²) in [4.78, 5) is 14.3. The zero-order valence-electron chi connectivity index (χ0n) is 12.7. The lowest BCUT2D eigenvalue weighted by Gasteiger charge is -2.33. The second kappa shape index (κ2) is 6.94. The van der Waals surface area contributed by atoms with E-state index in [1.807, 2.05) is 43.0 Å². The van der Waals surface area contributed by atoms with Crippen LogP contribution in [0.1, 0.15) is 23.0 Å². The Morgan fingerprint density at radius 2 is 2.09 bits per heavy atom. The van der Waals surface area contributed by atoms with Gasteiger partial charge in [0.2, 0.25) is 5.76 Å². The van der Waals surface area contributed by atoms with E-state index in [1.54, 1.807) is 6.07 Å². The lowest BCUT2D eigenvalue weighted by Crippen LogP contribution is -2.52. The van der Waals surface area contributed by atoms with Crippen LogP contribution < -0.4 is 5.32 Å². The van der Waals surface area contributed by atoms with E-state index in [-0.39, 0.29) is 24.4 Å². The average molecular weight is 322 g/mol. The fourth-order valence-corrected chi connectivity index (χ4v) is 2.52. The fraction of sp³-hybridized carbons (Fsp3) is 0.375. The van der Waals surface area contributed by atoms with Crippen LogP contribution in [0.3, 0.4) is 0 Å². The molecule has 0 spiro atoms. The van der Waals surface area contributed by atoms with Crippen LogP contribution in [0.15, 0.2) is 34.9 Å². The van der Waals surface area contributed by atoms with Gasteiger partial charge in [-0.2, -0.15) is 0 Å². The van der Waals surface area contributed by atoms with Gasteiger partial charge in [-0.05, 0) is 13.8 Å². The molecular weight excluding hydrogens is 302 g/mol. The molecule has 0 radical (unpaired) electrons. The van der Waals surface area contributed by atoms with E-state index in [4.69, 9.17) is 4.52 Å². The van der Waals surface area contributed by atoms with Crippen molar-refractivity contribution in [3.05, 3.63) is 41.7 Å². The summed E-state index contributed by atoms with van der Waals surface area (Å²) in [6, 6.07) is 9.89. The third kappa shape index (κ3) is 3.31. The molecule has 1 amide bonds. The van der Waals surface area contributed by atoms with Crippen LogP contribution in [0.25, 0.3) is 11.3 Å². The second-order valence-electron chi connectivity index (χ2n) is 5.49. The number of carbonyl (C=O) groups is 1. The van der Waals surface area contributed by atoms with Gasteiger partial charge in [0, 0.05) is 37.3 Å². The summed E-state index contributed by atoms with van der Waals surface area (Å²) in [5.41, 5.74) is 2.84. The van der Waals surface area contributed by atoms with Crippen molar-refractivity contribution in [1.82, 2.24) is 15.4 Å². The first-order valence-corrected chi connectivity index (χ1v) is 7.20. The molecule has 2 heterocycles. The van der Waals surface area contributed by atoms with Gasteiger partial charge in [-0.15, -0.1) is 12.4 Å². The monoisotopic (exact) mass is 321 g/mol. The van der Waals surface area contributed by atoms with Crippen molar-refractivity contribution >= 4 is 18.3 Å². The van der Waals surface area contributed by atoms with Crippen molar-refractivity contribution in [1.29, 1.82) is 0 Å². The van der Waals surface area contributed by atoms with Crippen LogP contribution in [0, 0.1) is 6.92 Å². The second-order valence-corrected chi connectivity index (χ2v) is 5.49. The number of piperazine rings is 1. The summed E-state index contributed by atoms with van der Waals surface area (Å²) in [5.74, 6) is 0.217. The third-order valence-corrected chi connectivity index (χ3v) is 3.83. The Bertz CT molecular complexity index is 639. The molecule has 5 nitrogen and oxygen atoms in total. The predicted octanol–water partition coefficient (Wildman–Crippen LogP) is 2.51. The summed E-state index contributed by atoms with van der Waals surface area (Å²) in [6.45, 7) is 6.38. The van der Waals surface area contributed by atoms with Crippen LogP contribution in [0.5, 0.6) is 0 Å². The van der Waals surface area contributed by atoms with Crippen molar-refractivity contribution in [2.24, 2.45) is 0 Å². The highest BCUT2D eigenvalue weighted by Crippen LogP contribution is 2.21. The lowest BCUT2D eigenvalue weighted by atomic mass is 10.1. The first-order valence-electron chi connectivity index (χ1n) is 7.20. The van der Waals surface area contributed by atoms with Gasteiger partial charge in [0.1, 0.15) is 5.69 Å². The Labute approximate surface area is 136 Å². The molecule has 0 bridgehead atoms. The van der Waals surface area contributed by atoms with Gasteiger partial charge in [-0.25, -0.2) is 0 Å². The number of halogens is 1. The summed E-state index contributed by atoms with van der Waals surface area (Å²) < 4.78 is 5.25. The molecule has 1 atom stereocenters. The summed E-state index contributed by atoms with van der Waals surface area (Å²) in [5, 5.41) is 7.29. The van der Waals surface area contributed by atoms with Crippen molar-refractivity contribution in [3.8, 4) is 11.3 Å².